The number of ether oxygens (including phenoxy) is 2. The lowest BCUT2D eigenvalue weighted by Crippen LogP contribution is -2.55. The van der Waals surface area contributed by atoms with Crippen molar-refractivity contribution in [2.75, 3.05) is 19.5 Å². The van der Waals surface area contributed by atoms with E-state index in [9.17, 15) is 9.59 Å². The molecular formula is C15H18N2O4. The van der Waals surface area contributed by atoms with Gasteiger partial charge in [-0.05, 0) is 25.0 Å². The van der Waals surface area contributed by atoms with E-state index in [0.29, 0.717) is 6.42 Å². The largest absolute Gasteiger partial charge is 0.467 e. The maximum atomic E-state index is 12.2. The van der Waals surface area contributed by atoms with Gasteiger partial charge in [-0.25, -0.2) is 9.59 Å². The van der Waals surface area contributed by atoms with Crippen LogP contribution in [0.25, 0.3) is 0 Å². The highest BCUT2D eigenvalue weighted by molar-refractivity contribution is 5.87. The molecule has 2 aliphatic rings. The second-order valence-electron chi connectivity index (χ2n) is 5.59. The van der Waals surface area contributed by atoms with Gasteiger partial charge in [-0.1, -0.05) is 18.2 Å². The summed E-state index contributed by atoms with van der Waals surface area (Å²) < 4.78 is 9.77. The first-order valence-corrected chi connectivity index (χ1v) is 6.84. The molecule has 1 amide bonds. The average Bonchev–Trinajstić information content (AvgIpc) is 2.98. The minimum absolute atomic E-state index is 0.0457. The number of anilines is 1. The molecule has 0 aliphatic carbocycles. The highest BCUT2D eigenvalue weighted by Gasteiger charge is 2.59. The number of fused-ring (bicyclic) bond motifs is 3. The van der Waals surface area contributed by atoms with Crippen molar-refractivity contribution in [2.24, 2.45) is 0 Å². The summed E-state index contributed by atoms with van der Waals surface area (Å²) in [6, 6.07) is 7.89. The third-order valence-electron chi connectivity index (χ3n) is 4.47. The van der Waals surface area contributed by atoms with Gasteiger partial charge < -0.3 is 14.8 Å². The first kappa shape index (κ1) is 13.7. The van der Waals surface area contributed by atoms with Crippen LogP contribution in [-0.2, 0) is 14.3 Å². The Kier molecular flexibility index (Phi) is 3.04. The van der Waals surface area contributed by atoms with Crippen LogP contribution in [-0.4, -0.2) is 42.9 Å². The zero-order chi connectivity index (χ0) is 15.2. The maximum absolute atomic E-state index is 12.2. The van der Waals surface area contributed by atoms with Crippen LogP contribution in [0.3, 0.4) is 0 Å². The number of carbonyl (C=O) groups excluding carboxylic acids is 2. The molecule has 2 heterocycles. The van der Waals surface area contributed by atoms with E-state index in [2.05, 4.69) is 5.32 Å². The van der Waals surface area contributed by atoms with Gasteiger partial charge in [0.15, 0.2) is 0 Å². The van der Waals surface area contributed by atoms with Crippen molar-refractivity contribution in [1.82, 2.24) is 4.90 Å². The fraction of sp³-hybridized carbons (Fsp3) is 0.467. The quantitative estimate of drug-likeness (QED) is 0.800. The van der Waals surface area contributed by atoms with Crippen molar-refractivity contribution >= 4 is 17.7 Å². The molecule has 0 unspecified atom stereocenters. The Morgan fingerprint density at radius 3 is 2.67 bits per heavy atom. The molecule has 21 heavy (non-hydrogen) atoms. The number of nitrogens with zero attached hydrogens (tertiary/aromatic N) is 1. The van der Waals surface area contributed by atoms with Gasteiger partial charge in [-0.15, -0.1) is 0 Å². The van der Waals surface area contributed by atoms with Crippen LogP contribution in [0.15, 0.2) is 24.3 Å². The first-order chi connectivity index (χ1) is 10.0. The van der Waals surface area contributed by atoms with Crippen LogP contribution in [0.4, 0.5) is 10.5 Å². The molecule has 1 fully saturated rings. The predicted octanol–water partition coefficient (Wildman–Crippen LogP) is 1.93. The highest BCUT2D eigenvalue weighted by atomic mass is 16.5. The fourth-order valence-corrected chi connectivity index (χ4v) is 3.50. The number of carbonyl (C=O) groups is 2. The van der Waals surface area contributed by atoms with Crippen LogP contribution in [0.1, 0.15) is 24.8 Å². The summed E-state index contributed by atoms with van der Waals surface area (Å²) >= 11 is 0. The summed E-state index contributed by atoms with van der Waals surface area (Å²) in [4.78, 5) is 25.9. The van der Waals surface area contributed by atoms with Crippen molar-refractivity contribution in [2.45, 2.75) is 31.0 Å². The summed E-state index contributed by atoms with van der Waals surface area (Å²) in [7, 11) is 2.65. The lowest BCUT2D eigenvalue weighted by molar-refractivity contribution is -0.152. The molecular weight excluding hydrogens is 272 g/mol. The highest BCUT2D eigenvalue weighted by Crippen LogP contribution is 2.50. The van der Waals surface area contributed by atoms with Gasteiger partial charge in [-0.2, -0.15) is 0 Å². The molecule has 6 heteroatoms. The van der Waals surface area contributed by atoms with Gasteiger partial charge >= 0.3 is 12.1 Å². The summed E-state index contributed by atoms with van der Waals surface area (Å²) in [6.07, 6.45) is -0.321. The molecule has 1 aromatic carbocycles. The Labute approximate surface area is 123 Å². The molecule has 0 saturated carbocycles. The lowest BCUT2D eigenvalue weighted by atomic mass is 9.90. The Hall–Kier alpha value is -2.24. The Morgan fingerprint density at radius 2 is 2.00 bits per heavy atom. The van der Waals surface area contributed by atoms with Crippen molar-refractivity contribution < 1.29 is 19.1 Å². The molecule has 0 aromatic heterocycles. The number of likely N-dealkylation sites (tertiary alicyclic amines) is 1. The number of hydrogen-bond donors (Lipinski definition) is 1. The molecule has 0 spiro atoms. The number of esters is 1. The van der Waals surface area contributed by atoms with Crippen LogP contribution in [0, 0.1) is 0 Å². The van der Waals surface area contributed by atoms with E-state index in [1.54, 1.807) is 6.92 Å². The van der Waals surface area contributed by atoms with Crippen LogP contribution in [0.5, 0.6) is 0 Å². The van der Waals surface area contributed by atoms with Crippen molar-refractivity contribution in [3.63, 3.8) is 0 Å². The lowest BCUT2D eigenvalue weighted by Gasteiger charge is -2.34. The third kappa shape index (κ3) is 1.78. The smallest absolute Gasteiger partial charge is 0.412 e. The Morgan fingerprint density at radius 1 is 1.29 bits per heavy atom. The normalized spacial score (nSPS) is 29.4. The van der Waals surface area contributed by atoms with Crippen LogP contribution in [0.2, 0.25) is 0 Å². The fourth-order valence-electron chi connectivity index (χ4n) is 3.50. The second-order valence-corrected chi connectivity index (χ2v) is 5.59. The summed E-state index contributed by atoms with van der Waals surface area (Å²) in [5.41, 5.74) is 1.08. The standard InChI is InChI=1S/C15H18N2O4/c1-15(13(18)20-2)8-10-9-6-4-5-7-11(9)16-12(10)17(15)14(19)21-3/h4-7,10,12,16H,8H2,1-3H3/t10-,12-,15-/m0/s1. The SMILES string of the molecule is COC(=O)N1[C@@H]2Nc3ccccc3[C@@H]2C[C@@]1(C)C(=O)OC. The van der Waals surface area contributed by atoms with E-state index in [1.807, 2.05) is 24.3 Å². The van der Waals surface area contributed by atoms with Gasteiger partial charge in [0.25, 0.3) is 0 Å². The number of rotatable bonds is 1. The molecule has 0 bridgehead atoms. The molecule has 112 valence electrons. The molecule has 1 saturated heterocycles. The van der Waals surface area contributed by atoms with Crippen molar-refractivity contribution in [3.05, 3.63) is 29.8 Å². The summed E-state index contributed by atoms with van der Waals surface area (Å²) in [5.74, 6) is -0.383. The van der Waals surface area contributed by atoms with E-state index < -0.39 is 17.6 Å². The van der Waals surface area contributed by atoms with E-state index in [-0.39, 0.29) is 12.1 Å². The van der Waals surface area contributed by atoms with E-state index in [0.717, 1.165) is 11.3 Å². The maximum Gasteiger partial charge on any atom is 0.412 e. The van der Waals surface area contributed by atoms with Gasteiger partial charge in [0.1, 0.15) is 11.7 Å². The number of hydrogen-bond acceptors (Lipinski definition) is 5. The number of methoxy groups -OCH3 is 2. The van der Waals surface area contributed by atoms with Crippen molar-refractivity contribution in [3.8, 4) is 0 Å². The minimum Gasteiger partial charge on any atom is -0.467 e. The Balaban J connectivity index is 2.04. The number of benzene rings is 1. The number of para-hydroxylation sites is 1. The molecule has 3 atom stereocenters. The molecule has 2 aliphatic heterocycles. The summed E-state index contributed by atoms with van der Waals surface area (Å²) in [6.45, 7) is 1.72. The predicted molar refractivity (Wildman–Crippen MR) is 75.9 cm³/mol. The van der Waals surface area contributed by atoms with Crippen molar-refractivity contribution in [1.29, 1.82) is 0 Å². The second kappa shape index (κ2) is 4.65. The van der Waals surface area contributed by atoms with Gasteiger partial charge in [0.2, 0.25) is 0 Å². The molecule has 1 aromatic rings. The number of nitrogens with one attached hydrogen (secondary N) is 1. The molecule has 1 N–H and O–H groups in total. The average molecular weight is 290 g/mol. The summed E-state index contributed by atoms with van der Waals surface area (Å²) in [5, 5.41) is 3.31. The molecule has 3 rings (SSSR count). The van der Waals surface area contributed by atoms with E-state index in [1.165, 1.54) is 19.1 Å². The molecule has 6 nitrogen and oxygen atoms in total. The van der Waals surface area contributed by atoms with Gasteiger partial charge in [-0.3, -0.25) is 4.90 Å². The van der Waals surface area contributed by atoms with E-state index >= 15 is 0 Å². The molecule has 0 radical (unpaired) electrons. The third-order valence-corrected chi connectivity index (χ3v) is 4.47. The van der Waals surface area contributed by atoms with Crippen LogP contribution < -0.4 is 5.32 Å². The van der Waals surface area contributed by atoms with E-state index in [4.69, 9.17) is 9.47 Å². The monoisotopic (exact) mass is 290 g/mol. The van der Waals surface area contributed by atoms with Gasteiger partial charge in [0, 0.05) is 11.6 Å². The van der Waals surface area contributed by atoms with Crippen LogP contribution >= 0.6 is 0 Å². The number of amides is 1. The zero-order valence-corrected chi connectivity index (χ0v) is 12.3. The Bertz CT molecular complexity index is 603. The zero-order valence-electron chi connectivity index (χ0n) is 12.3. The van der Waals surface area contributed by atoms with Gasteiger partial charge in [0.05, 0.1) is 14.2 Å². The first-order valence-electron chi connectivity index (χ1n) is 6.84. The topological polar surface area (TPSA) is 67.9 Å². The minimum atomic E-state index is -1.03.